The van der Waals surface area contributed by atoms with E-state index in [0.29, 0.717) is 5.89 Å². The lowest BCUT2D eigenvalue weighted by Gasteiger charge is -2.16. The summed E-state index contributed by atoms with van der Waals surface area (Å²) in [6.45, 7) is 4.20. The topological polar surface area (TPSA) is 51.0 Å². The zero-order valence-corrected chi connectivity index (χ0v) is 10.2. The molecule has 0 aliphatic carbocycles. The molecule has 2 rings (SSSR count). The van der Waals surface area contributed by atoms with Crippen LogP contribution in [-0.2, 0) is 4.75 Å². The fourth-order valence-corrected chi connectivity index (χ4v) is 2.93. The van der Waals surface area contributed by atoms with E-state index in [1.54, 1.807) is 0 Å². The van der Waals surface area contributed by atoms with E-state index in [4.69, 9.17) is 4.42 Å². The van der Waals surface area contributed by atoms with Crippen molar-refractivity contribution in [1.29, 1.82) is 0 Å². The highest BCUT2D eigenvalue weighted by molar-refractivity contribution is 8.00. The molecule has 2 atom stereocenters. The van der Waals surface area contributed by atoms with Crippen molar-refractivity contribution in [2.45, 2.75) is 37.5 Å². The lowest BCUT2D eigenvalue weighted by Crippen LogP contribution is -2.13. The van der Waals surface area contributed by atoms with Gasteiger partial charge >= 0.3 is 0 Å². The molecule has 1 aromatic heterocycles. The van der Waals surface area contributed by atoms with Crippen LogP contribution in [0, 0.1) is 0 Å². The van der Waals surface area contributed by atoms with Crippen LogP contribution in [0.4, 0.5) is 0 Å². The van der Waals surface area contributed by atoms with Crippen LogP contribution in [-0.4, -0.2) is 23.0 Å². The summed E-state index contributed by atoms with van der Waals surface area (Å²) in [5.74, 6) is 2.65. The summed E-state index contributed by atoms with van der Waals surface area (Å²) in [6.07, 6.45) is 2.37. The maximum atomic E-state index is 5.72. The summed E-state index contributed by atoms with van der Waals surface area (Å²) in [5.41, 5.74) is 0. The molecule has 2 unspecified atom stereocenters. The first-order valence-corrected chi connectivity index (χ1v) is 6.29. The van der Waals surface area contributed by atoms with E-state index < -0.39 is 0 Å². The van der Waals surface area contributed by atoms with E-state index in [1.165, 1.54) is 12.2 Å². The molecule has 1 N–H and O–H groups in total. The van der Waals surface area contributed by atoms with Gasteiger partial charge in [-0.2, -0.15) is 0 Å². The molecular formula is C10H17N3OS. The van der Waals surface area contributed by atoms with E-state index in [-0.39, 0.29) is 10.8 Å². The van der Waals surface area contributed by atoms with E-state index in [0.717, 1.165) is 12.3 Å². The van der Waals surface area contributed by atoms with Crippen molar-refractivity contribution in [2.24, 2.45) is 0 Å². The predicted molar refractivity (Wildman–Crippen MR) is 60.8 cm³/mol. The Morgan fingerprint density at radius 1 is 1.53 bits per heavy atom. The third-order valence-electron chi connectivity index (χ3n) is 2.92. The molecule has 4 nitrogen and oxygen atoms in total. The van der Waals surface area contributed by atoms with E-state index in [1.807, 2.05) is 25.7 Å². The first-order valence-electron chi connectivity index (χ1n) is 5.31. The van der Waals surface area contributed by atoms with Crippen molar-refractivity contribution in [2.75, 3.05) is 12.8 Å². The van der Waals surface area contributed by atoms with Crippen LogP contribution in [0.3, 0.4) is 0 Å². The molecule has 1 saturated heterocycles. The Morgan fingerprint density at radius 2 is 2.33 bits per heavy atom. The van der Waals surface area contributed by atoms with Gasteiger partial charge in [0.05, 0.1) is 10.8 Å². The van der Waals surface area contributed by atoms with Gasteiger partial charge in [0.2, 0.25) is 11.8 Å². The minimum absolute atomic E-state index is 0.0404. The van der Waals surface area contributed by atoms with Gasteiger partial charge in [0, 0.05) is 0 Å². The molecule has 0 amide bonds. The molecular weight excluding hydrogens is 210 g/mol. The maximum Gasteiger partial charge on any atom is 0.233 e. The molecule has 0 saturated carbocycles. The minimum atomic E-state index is 0.0404. The van der Waals surface area contributed by atoms with Crippen LogP contribution >= 0.6 is 11.8 Å². The van der Waals surface area contributed by atoms with Crippen LogP contribution in [0.25, 0.3) is 0 Å². The highest BCUT2D eigenvalue weighted by Crippen LogP contribution is 2.45. The number of hydrogen-bond donors (Lipinski definition) is 1. The predicted octanol–water partition coefficient (Wildman–Crippen LogP) is 2.09. The molecule has 5 heteroatoms. The fourth-order valence-electron chi connectivity index (χ4n) is 1.69. The third kappa shape index (κ3) is 2.03. The van der Waals surface area contributed by atoms with Gasteiger partial charge < -0.3 is 9.73 Å². The standard InChI is InChI=1S/C10H17N3OS/c1-7(11-3)8-12-13-9(14-8)10(2)5-4-6-15-10/h7,11H,4-6H2,1-3H3. The van der Waals surface area contributed by atoms with Gasteiger partial charge in [-0.15, -0.1) is 22.0 Å². The Balaban J connectivity index is 2.19. The molecule has 0 radical (unpaired) electrons. The van der Waals surface area contributed by atoms with Crippen LogP contribution < -0.4 is 5.32 Å². The number of aromatic nitrogens is 2. The zero-order chi connectivity index (χ0) is 10.9. The van der Waals surface area contributed by atoms with E-state index >= 15 is 0 Å². The molecule has 15 heavy (non-hydrogen) atoms. The van der Waals surface area contributed by atoms with Gasteiger partial charge in [-0.1, -0.05) is 0 Å². The smallest absolute Gasteiger partial charge is 0.233 e. The third-order valence-corrected chi connectivity index (χ3v) is 4.42. The normalized spacial score (nSPS) is 28.2. The van der Waals surface area contributed by atoms with Crippen LogP contribution in [0.1, 0.15) is 44.5 Å². The zero-order valence-electron chi connectivity index (χ0n) is 9.41. The number of nitrogens with one attached hydrogen (secondary N) is 1. The first-order chi connectivity index (χ1) is 7.15. The van der Waals surface area contributed by atoms with E-state index in [2.05, 4.69) is 22.4 Å². The molecule has 1 aromatic rings. The Labute approximate surface area is 94.2 Å². The lowest BCUT2D eigenvalue weighted by atomic mass is 10.1. The SMILES string of the molecule is CNC(C)c1nnc(C2(C)CCCS2)o1. The summed E-state index contributed by atoms with van der Waals surface area (Å²) in [6, 6.07) is 0.126. The van der Waals surface area contributed by atoms with Crippen LogP contribution in [0.2, 0.25) is 0 Å². The average Bonchev–Trinajstić information content (AvgIpc) is 2.85. The van der Waals surface area contributed by atoms with Gasteiger partial charge in [-0.3, -0.25) is 0 Å². The highest BCUT2D eigenvalue weighted by Gasteiger charge is 2.37. The molecule has 84 valence electrons. The number of hydrogen-bond acceptors (Lipinski definition) is 5. The maximum absolute atomic E-state index is 5.72. The number of nitrogens with zero attached hydrogens (tertiary/aromatic N) is 2. The van der Waals surface area contributed by atoms with Crippen molar-refractivity contribution in [1.82, 2.24) is 15.5 Å². The fraction of sp³-hybridized carbons (Fsp3) is 0.800. The summed E-state index contributed by atoms with van der Waals surface area (Å²) in [4.78, 5) is 0. The molecule has 0 bridgehead atoms. The monoisotopic (exact) mass is 227 g/mol. The second kappa shape index (κ2) is 4.14. The summed E-state index contributed by atoms with van der Waals surface area (Å²) in [7, 11) is 1.89. The lowest BCUT2D eigenvalue weighted by molar-refractivity contribution is 0.373. The van der Waals surface area contributed by atoms with Gasteiger partial charge in [-0.05, 0) is 39.5 Å². The van der Waals surface area contributed by atoms with Crippen molar-refractivity contribution in [3.8, 4) is 0 Å². The number of thioether (sulfide) groups is 1. The molecule has 0 spiro atoms. The van der Waals surface area contributed by atoms with Gasteiger partial charge in [-0.25, -0.2) is 0 Å². The Bertz CT molecular complexity index is 333. The van der Waals surface area contributed by atoms with Gasteiger partial charge in [0.25, 0.3) is 0 Å². The van der Waals surface area contributed by atoms with Gasteiger partial charge in [0.1, 0.15) is 0 Å². The highest BCUT2D eigenvalue weighted by atomic mass is 32.2. The molecule has 1 fully saturated rings. The number of rotatable bonds is 3. The minimum Gasteiger partial charge on any atom is -0.422 e. The first kappa shape index (κ1) is 11.0. The van der Waals surface area contributed by atoms with Crippen LogP contribution in [0.15, 0.2) is 4.42 Å². The summed E-state index contributed by atoms with van der Waals surface area (Å²) < 4.78 is 5.76. The van der Waals surface area contributed by atoms with Crippen molar-refractivity contribution >= 4 is 11.8 Å². The van der Waals surface area contributed by atoms with Gasteiger partial charge in [0.15, 0.2) is 0 Å². The van der Waals surface area contributed by atoms with Crippen molar-refractivity contribution in [3.63, 3.8) is 0 Å². The Kier molecular flexibility index (Phi) is 3.02. The average molecular weight is 227 g/mol. The summed E-state index contributed by atoms with van der Waals surface area (Å²) in [5, 5.41) is 11.3. The Hall–Kier alpha value is -0.550. The second-order valence-corrected chi connectivity index (χ2v) is 5.74. The molecule has 1 aliphatic rings. The Morgan fingerprint density at radius 3 is 2.93 bits per heavy atom. The second-order valence-electron chi connectivity index (χ2n) is 4.14. The molecule has 1 aliphatic heterocycles. The van der Waals surface area contributed by atoms with Crippen molar-refractivity contribution < 1.29 is 4.42 Å². The molecule has 2 heterocycles. The van der Waals surface area contributed by atoms with Crippen LogP contribution in [0.5, 0.6) is 0 Å². The largest absolute Gasteiger partial charge is 0.422 e. The summed E-state index contributed by atoms with van der Waals surface area (Å²) >= 11 is 1.91. The van der Waals surface area contributed by atoms with Crippen molar-refractivity contribution in [3.05, 3.63) is 11.8 Å². The van der Waals surface area contributed by atoms with E-state index in [9.17, 15) is 0 Å². The quantitative estimate of drug-likeness (QED) is 0.857. The molecule has 0 aromatic carbocycles.